The third-order valence-electron chi connectivity index (χ3n) is 5.15. The summed E-state index contributed by atoms with van der Waals surface area (Å²) in [5.74, 6) is 0.459. The van der Waals surface area contributed by atoms with Crippen molar-refractivity contribution in [3.05, 3.63) is 39.9 Å². The molecule has 0 saturated carbocycles. The maximum atomic E-state index is 12.5. The third-order valence-corrected chi connectivity index (χ3v) is 9.30. The van der Waals surface area contributed by atoms with Crippen LogP contribution in [0.15, 0.2) is 39.2 Å². The highest BCUT2D eigenvalue weighted by molar-refractivity contribution is 7.91. The highest BCUT2D eigenvalue weighted by atomic mass is 32.2. The Kier molecular flexibility index (Phi) is 7.27. The minimum absolute atomic E-state index is 0.135. The van der Waals surface area contributed by atoms with Crippen LogP contribution < -0.4 is 5.32 Å². The number of nitrogens with one attached hydrogen (secondary N) is 1. The molecule has 0 unspecified atom stereocenters. The first-order valence-corrected chi connectivity index (χ1v) is 12.6. The first-order chi connectivity index (χ1) is 13.4. The van der Waals surface area contributed by atoms with Crippen molar-refractivity contribution in [1.82, 2.24) is 14.5 Å². The Labute approximate surface area is 175 Å². The minimum atomic E-state index is -3.62. The zero-order valence-electron chi connectivity index (χ0n) is 16.2. The molecule has 6 nitrogen and oxygen atoms in total. The number of hydrogen-bond acceptors (Lipinski definition) is 6. The van der Waals surface area contributed by atoms with Gasteiger partial charge in [-0.05, 0) is 54.7 Å². The van der Waals surface area contributed by atoms with Gasteiger partial charge in [0.05, 0.1) is 12.6 Å². The fourth-order valence-electron chi connectivity index (χ4n) is 3.35. The molecule has 1 amide bonds. The largest absolute Gasteiger partial charge is 0.353 e. The molecule has 0 spiro atoms. The summed E-state index contributed by atoms with van der Waals surface area (Å²) in [6.07, 6.45) is 2.33. The molecule has 1 atom stereocenters. The molecule has 28 heavy (non-hydrogen) atoms. The van der Waals surface area contributed by atoms with E-state index in [0.29, 0.717) is 6.54 Å². The Bertz CT molecular complexity index is 842. The molecule has 3 heterocycles. The normalized spacial score (nSPS) is 17.7. The lowest BCUT2D eigenvalue weighted by Gasteiger charge is -2.36. The van der Waals surface area contributed by atoms with E-state index in [-0.39, 0.29) is 22.7 Å². The van der Waals surface area contributed by atoms with E-state index >= 15 is 0 Å². The molecular formula is C19H27N3O3S3. The number of thiophene rings is 2. The number of likely N-dealkylation sites (tertiary alicyclic amines) is 1. The Morgan fingerprint density at radius 2 is 1.93 bits per heavy atom. The van der Waals surface area contributed by atoms with Crippen LogP contribution in [0.1, 0.15) is 30.7 Å². The van der Waals surface area contributed by atoms with Crippen LogP contribution in [0.3, 0.4) is 0 Å². The van der Waals surface area contributed by atoms with E-state index in [9.17, 15) is 13.2 Å². The van der Waals surface area contributed by atoms with Crippen LogP contribution in [0.25, 0.3) is 0 Å². The van der Waals surface area contributed by atoms with E-state index in [1.807, 2.05) is 6.07 Å². The monoisotopic (exact) mass is 441 g/mol. The van der Waals surface area contributed by atoms with E-state index < -0.39 is 10.0 Å². The predicted molar refractivity (Wildman–Crippen MR) is 114 cm³/mol. The van der Waals surface area contributed by atoms with Crippen molar-refractivity contribution in [1.29, 1.82) is 0 Å². The maximum absolute atomic E-state index is 12.5. The van der Waals surface area contributed by atoms with Crippen molar-refractivity contribution in [3.8, 4) is 0 Å². The topological polar surface area (TPSA) is 69.7 Å². The molecule has 0 radical (unpaired) electrons. The lowest BCUT2D eigenvalue weighted by molar-refractivity contribution is -0.121. The van der Waals surface area contributed by atoms with Gasteiger partial charge in [-0.15, -0.1) is 22.7 Å². The Morgan fingerprint density at radius 1 is 1.25 bits per heavy atom. The molecule has 9 heteroatoms. The summed E-state index contributed by atoms with van der Waals surface area (Å²) in [7, 11) is -2.17. The maximum Gasteiger partial charge on any atom is 0.252 e. The summed E-state index contributed by atoms with van der Waals surface area (Å²) in [6.45, 7) is 4.62. The Morgan fingerprint density at radius 3 is 2.54 bits per heavy atom. The summed E-state index contributed by atoms with van der Waals surface area (Å²) in [5, 5.41) is 6.72. The fraction of sp³-hybridized carbons (Fsp3) is 0.526. The molecule has 3 rings (SSSR count). The summed E-state index contributed by atoms with van der Waals surface area (Å²) in [4.78, 5) is 16.1. The number of nitrogens with zero attached hydrogens (tertiary/aromatic N) is 2. The molecule has 1 aliphatic rings. The number of piperidine rings is 1. The highest BCUT2D eigenvalue weighted by Gasteiger charge is 2.27. The zero-order chi connectivity index (χ0) is 20.1. The molecule has 1 N–H and O–H groups in total. The van der Waals surface area contributed by atoms with Crippen molar-refractivity contribution in [2.45, 2.75) is 30.0 Å². The number of likely N-dealkylation sites (N-methyl/N-ethyl adjacent to an activating group) is 1. The van der Waals surface area contributed by atoms with Crippen LogP contribution in [-0.4, -0.2) is 56.8 Å². The first-order valence-electron chi connectivity index (χ1n) is 9.42. The Balaban J connectivity index is 1.59. The van der Waals surface area contributed by atoms with Crippen LogP contribution in [-0.2, 0) is 14.8 Å². The van der Waals surface area contributed by atoms with Gasteiger partial charge in [0.15, 0.2) is 0 Å². The molecule has 0 aromatic carbocycles. The summed E-state index contributed by atoms with van der Waals surface area (Å²) in [5.41, 5.74) is 0. The van der Waals surface area contributed by atoms with Crippen LogP contribution in [0.4, 0.5) is 0 Å². The highest BCUT2D eigenvalue weighted by Crippen LogP contribution is 2.29. The van der Waals surface area contributed by atoms with Gasteiger partial charge in [-0.2, -0.15) is 4.31 Å². The van der Waals surface area contributed by atoms with Crippen LogP contribution in [0.5, 0.6) is 0 Å². The molecular weight excluding hydrogens is 414 g/mol. The lowest BCUT2D eigenvalue weighted by atomic mass is 9.97. The van der Waals surface area contributed by atoms with Gasteiger partial charge in [0.2, 0.25) is 5.91 Å². The molecule has 0 bridgehead atoms. The SMILES string of the molecule is CC1CCN([C@H](CNC(=O)CN(C)S(=O)(=O)c2cccs2)c2cccs2)CC1. The summed E-state index contributed by atoms with van der Waals surface area (Å²) < 4.78 is 26.3. The van der Waals surface area contributed by atoms with Crippen molar-refractivity contribution >= 4 is 38.6 Å². The fourth-order valence-corrected chi connectivity index (χ4v) is 6.54. The minimum Gasteiger partial charge on any atom is -0.353 e. The molecule has 1 aliphatic heterocycles. The quantitative estimate of drug-likeness (QED) is 0.684. The van der Waals surface area contributed by atoms with Gasteiger partial charge in [-0.25, -0.2) is 8.42 Å². The second-order valence-corrected chi connectivity index (χ2v) is 11.4. The van der Waals surface area contributed by atoms with Crippen LogP contribution in [0.2, 0.25) is 0 Å². The smallest absolute Gasteiger partial charge is 0.252 e. The van der Waals surface area contributed by atoms with Gasteiger partial charge in [0.1, 0.15) is 4.21 Å². The van der Waals surface area contributed by atoms with Gasteiger partial charge in [0.25, 0.3) is 10.0 Å². The number of amides is 1. The first kappa shape index (κ1) is 21.4. The average Bonchev–Trinajstić information content (AvgIpc) is 3.37. The van der Waals surface area contributed by atoms with Gasteiger partial charge < -0.3 is 5.32 Å². The second kappa shape index (κ2) is 9.49. The van der Waals surface area contributed by atoms with Gasteiger partial charge in [-0.3, -0.25) is 9.69 Å². The van der Waals surface area contributed by atoms with E-state index in [0.717, 1.165) is 47.5 Å². The Hall–Kier alpha value is -1.26. The molecule has 0 aliphatic carbocycles. The number of carbonyl (C=O) groups is 1. The second-order valence-electron chi connectivity index (χ2n) is 7.25. The molecule has 2 aromatic rings. The zero-order valence-corrected chi connectivity index (χ0v) is 18.7. The number of rotatable bonds is 8. The number of sulfonamides is 1. The van der Waals surface area contributed by atoms with Gasteiger partial charge >= 0.3 is 0 Å². The lowest BCUT2D eigenvalue weighted by Crippen LogP contribution is -2.44. The summed E-state index contributed by atoms with van der Waals surface area (Å²) >= 11 is 2.85. The molecule has 2 aromatic heterocycles. The van der Waals surface area contributed by atoms with Gasteiger partial charge in [0, 0.05) is 18.5 Å². The van der Waals surface area contributed by atoms with Crippen molar-refractivity contribution in [2.75, 3.05) is 33.2 Å². The molecule has 1 fully saturated rings. The standard InChI is InChI=1S/C19H27N3O3S3/c1-15-7-9-22(10-8-15)16(17-5-3-11-26-17)13-20-18(23)14-21(2)28(24,25)19-6-4-12-27-19/h3-6,11-12,15-16H,7-10,13-14H2,1-2H3,(H,20,23)/t16-/m1/s1. The summed E-state index contributed by atoms with van der Waals surface area (Å²) in [6, 6.07) is 7.51. The van der Waals surface area contributed by atoms with Crippen molar-refractivity contribution in [3.63, 3.8) is 0 Å². The van der Waals surface area contributed by atoms with Gasteiger partial charge in [-0.1, -0.05) is 19.1 Å². The third kappa shape index (κ3) is 5.21. The number of carbonyl (C=O) groups excluding carboxylic acids is 1. The van der Waals surface area contributed by atoms with Crippen molar-refractivity contribution in [2.24, 2.45) is 5.92 Å². The molecule has 1 saturated heterocycles. The van der Waals surface area contributed by atoms with E-state index in [1.165, 1.54) is 11.9 Å². The predicted octanol–water partition coefficient (Wildman–Crippen LogP) is 3.02. The van der Waals surface area contributed by atoms with Crippen LogP contribution >= 0.6 is 22.7 Å². The van der Waals surface area contributed by atoms with Crippen molar-refractivity contribution < 1.29 is 13.2 Å². The van der Waals surface area contributed by atoms with E-state index in [2.05, 4.69) is 28.6 Å². The van der Waals surface area contributed by atoms with Crippen LogP contribution in [0, 0.1) is 5.92 Å². The van der Waals surface area contributed by atoms with E-state index in [4.69, 9.17) is 0 Å². The average molecular weight is 442 g/mol. The molecule has 154 valence electrons. The van der Waals surface area contributed by atoms with E-state index in [1.54, 1.807) is 28.8 Å². The number of hydrogen-bond donors (Lipinski definition) is 1.